The molecule has 9 heavy (non-hydrogen) atoms. The van der Waals surface area contributed by atoms with Gasteiger partial charge in [-0.05, 0) is 0 Å². The maximum atomic E-state index is 8.15. The van der Waals surface area contributed by atoms with Crippen LogP contribution in [0.5, 0.6) is 0 Å². The maximum absolute atomic E-state index is 8.15. The molecule has 0 radical (unpaired) electrons. The highest BCUT2D eigenvalue weighted by Gasteiger charge is 1.99. The van der Waals surface area contributed by atoms with Gasteiger partial charge in [-0.3, -0.25) is 5.41 Å². The molecular weight excluding hydrogens is 120 g/mol. The van der Waals surface area contributed by atoms with Gasteiger partial charge in [-0.1, -0.05) is 5.16 Å². The molecule has 0 amide bonds. The van der Waals surface area contributed by atoms with Crippen molar-refractivity contribution in [2.75, 3.05) is 7.11 Å². The molecule has 0 aliphatic carbocycles. The summed E-state index contributed by atoms with van der Waals surface area (Å²) >= 11 is 0. The van der Waals surface area contributed by atoms with E-state index in [-0.39, 0.29) is 11.5 Å². The molecule has 0 saturated carbocycles. The van der Waals surface area contributed by atoms with E-state index in [4.69, 9.17) is 16.4 Å². The number of nitrogens with two attached hydrogens (primary N) is 1. The zero-order valence-electron chi connectivity index (χ0n) is 4.88. The fraction of sp³-hybridized carbons (Fsp3) is 0.250. The quantitative estimate of drug-likeness (QED) is 0.295. The summed E-state index contributed by atoms with van der Waals surface area (Å²) < 4.78 is 0. The fourth-order valence-electron chi connectivity index (χ4n) is 0.221. The summed E-state index contributed by atoms with van der Waals surface area (Å²) in [5, 5.41) is 18.0. The maximum Gasteiger partial charge on any atom is 0.220 e. The van der Waals surface area contributed by atoms with Gasteiger partial charge in [0.1, 0.15) is 13.2 Å². The van der Waals surface area contributed by atoms with E-state index < -0.39 is 0 Å². The Morgan fingerprint density at radius 1 is 1.89 bits per heavy atom. The Balaban J connectivity index is 4.20. The van der Waals surface area contributed by atoms with Gasteiger partial charge in [-0.2, -0.15) is 5.26 Å². The molecule has 3 N–H and O–H groups in total. The number of nitriles is 1. The van der Waals surface area contributed by atoms with Gasteiger partial charge < -0.3 is 10.6 Å². The molecule has 0 aromatic heterocycles. The van der Waals surface area contributed by atoms with Crippen LogP contribution in [0.2, 0.25) is 0 Å². The minimum Gasteiger partial charge on any atom is -0.398 e. The van der Waals surface area contributed by atoms with Crippen molar-refractivity contribution in [2.45, 2.75) is 0 Å². The van der Waals surface area contributed by atoms with Crippen LogP contribution in [0.1, 0.15) is 0 Å². The molecule has 0 aliphatic rings. The normalized spacial score (nSPS) is 10.0. The van der Waals surface area contributed by atoms with E-state index >= 15 is 0 Å². The molecule has 0 heterocycles. The van der Waals surface area contributed by atoms with Crippen molar-refractivity contribution in [3.63, 3.8) is 0 Å². The van der Waals surface area contributed by atoms with E-state index in [0.717, 1.165) is 0 Å². The molecule has 0 rings (SSSR count). The summed E-state index contributed by atoms with van der Waals surface area (Å²) in [6.45, 7) is 0. The molecule has 0 aromatic carbocycles. The van der Waals surface area contributed by atoms with Gasteiger partial charge in [0.15, 0.2) is 5.84 Å². The Bertz CT molecular complexity index is 177. The molecular formula is C4H6N4O. The molecule has 0 aliphatic heterocycles. The number of rotatable bonds is 2. The smallest absolute Gasteiger partial charge is 0.220 e. The SMILES string of the molecule is CO/N=C(\C#N)C(=N)N. The number of amidine groups is 1. The summed E-state index contributed by atoms with van der Waals surface area (Å²) in [6.07, 6.45) is 0. The molecule has 0 saturated heterocycles. The van der Waals surface area contributed by atoms with E-state index in [1.54, 1.807) is 6.07 Å². The lowest BCUT2D eigenvalue weighted by atomic mass is 10.4. The van der Waals surface area contributed by atoms with Crippen LogP contribution in [-0.2, 0) is 4.84 Å². The lowest BCUT2D eigenvalue weighted by Gasteiger charge is -1.89. The highest BCUT2D eigenvalue weighted by Crippen LogP contribution is 1.75. The van der Waals surface area contributed by atoms with Gasteiger partial charge in [0, 0.05) is 0 Å². The molecule has 0 unspecified atom stereocenters. The third-order valence-electron chi connectivity index (χ3n) is 0.544. The molecule has 0 fully saturated rings. The van der Waals surface area contributed by atoms with Crippen LogP contribution < -0.4 is 5.73 Å². The molecule has 48 valence electrons. The first-order valence-corrected chi connectivity index (χ1v) is 2.08. The van der Waals surface area contributed by atoms with Gasteiger partial charge in [0.2, 0.25) is 5.71 Å². The van der Waals surface area contributed by atoms with Crippen LogP contribution in [0.25, 0.3) is 0 Å². The molecule has 0 bridgehead atoms. The topological polar surface area (TPSA) is 95.2 Å². The Labute approximate surface area is 52.2 Å². The lowest BCUT2D eigenvalue weighted by Crippen LogP contribution is -2.20. The fourth-order valence-corrected chi connectivity index (χ4v) is 0.221. The molecule has 0 atom stereocenters. The Morgan fingerprint density at radius 2 is 2.44 bits per heavy atom. The number of oxime groups is 1. The zero-order chi connectivity index (χ0) is 7.28. The number of hydrogen-bond donors (Lipinski definition) is 2. The highest BCUT2D eigenvalue weighted by molar-refractivity contribution is 6.45. The molecule has 5 nitrogen and oxygen atoms in total. The van der Waals surface area contributed by atoms with Gasteiger partial charge in [-0.15, -0.1) is 0 Å². The third kappa shape index (κ3) is 2.29. The standard InChI is InChI=1S/C4H6N4O/c1-9-8-3(2-5)4(6)7/h1H3,(H3,6,7)/b8-3+. The average Bonchev–Trinajstić information content (AvgIpc) is 1.82. The highest BCUT2D eigenvalue weighted by atomic mass is 16.6. The van der Waals surface area contributed by atoms with Crippen LogP contribution in [0.4, 0.5) is 0 Å². The van der Waals surface area contributed by atoms with E-state index in [2.05, 4.69) is 9.99 Å². The van der Waals surface area contributed by atoms with Crippen LogP contribution in [0, 0.1) is 16.7 Å². The van der Waals surface area contributed by atoms with Crippen LogP contribution in [0.15, 0.2) is 5.16 Å². The van der Waals surface area contributed by atoms with E-state index in [1.165, 1.54) is 7.11 Å². The molecule has 0 spiro atoms. The molecule has 0 aromatic rings. The van der Waals surface area contributed by atoms with E-state index in [9.17, 15) is 0 Å². The van der Waals surface area contributed by atoms with E-state index in [1.807, 2.05) is 0 Å². The summed E-state index contributed by atoms with van der Waals surface area (Å²) in [7, 11) is 1.28. The Morgan fingerprint density at radius 3 is 2.56 bits per heavy atom. The van der Waals surface area contributed by atoms with Crippen molar-refractivity contribution >= 4 is 11.5 Å². The predicted molar refractivity (Wildman–Crippen MR) is 32.0 cm³/mol. The van der Waals surface area contributed by atoms with Gasteiger partial charge >= 0.3 is 0 Å². The first-order chi connectivity index (χ1) is 4.22. The van der Waals surface area contributed by atoms with Crippen LogP contribution >= 0.6 is 0 Å². The zero-order valence-corrected chi connectivity index (χ0v) is 4.88. The van der Waals surface area contributed by atoms with E-state index in [0.29, 0.717) is 0 Å². The van der Waals surface area contributed by atoms with Crippen molar-refractivity contribution in [1.82, 2.24) is 0 Å². The first-order valence-electron chi connectivity index (χ1n) is 2.08. The van der Waals surface area contributed by atoms with Gasteiger partial charge in [0.05, 0.1) is 0 Å². The minimum atomic E-state index is -0.389. The number of nitrogens with one attached hydrogen (secondary N) is 1. The summed E-state index contributed by atoms with van der Waals surface area (Å²) in [6, 6.07) is 1.58. The Hall–Kier alpha value is -1.57. The number of nitrogens with zero attached hydrogens (tertiary/aromatic N) is 2. The van der Waals surface area contributed by atoms with Crippen LogP contribution in [-0.4, -0.2) is 18.7 Å². The Kier molecular flexibility index (Phi) is 2.84. The third-order valence-corrected chi connectivity index (χ3v) is 0.544. The second-order valence-corrected chi connectivity index (χ2v) is 1.15. The predicted octanol–water partition coefficient (Wildman–Crippen LogP) is -0.552. The van der Waals surface area contributed by atoms with Crippen molar-refractivity contribution in [1.29, 1.82) is 10.7 Å². The lowest BCUT2D eigenvalue weighted by molar-refractivity contribution is 0.214. The van der Waals surface area contributed by atoms with Crippen molar-refractivity contribution in [3.8, 4) is 6.07 Å². The monoisotopic (exact) mass is 126 g/mol. The average molecular weight is 126 g/mol. The van der Waals surface area contributed by atoms with Crippen molar-refractivity contribution in [3.05, 3.63) is 0 Å². The van der Waals surface area contributed by atoms with Gasteiger partial charge in [-0.25, -0.2) is 0 Å². The minimum absolute atomic E-state index is 0.211. The second kappa shape index (κ2) is 3.43. The van der Waals surface area contributed by atoms with Crippen molar-refractivity contribution in [2.24, 2.45) is 10.9 Å². The molecule has 5 heteroatoms. The van der Waals surface area contributed by atoms with Gasteiger partial charge in [0.25, 0.3) is 0 Å². The first kappa shape index (κ1) is 7.43. The van der Waals surface area contributed by atoms with Crippen molar-refractivity contribution < 1.29 is 4.84 Å². The largest absolute Gasteiger partial charge is 0.398 e. The second-order valence-electron chi connectivity index (χ2n) is 1.15. The summed E-state index contributed by atoms with van der Waals surface area (Å²) in [5.41, 5.74) is 4.67. The number of hydrogen-bond acceptors (Lipinski definition) is 4. The summed E-state index contributed by atoms with van der Waals surface area (Å²) in [5.74, 6) is -0.389. The van der Waals surface area contributed by atoms with Crippen LogP contribution in [0.3, 0.4) is 0 Å². The summed E-state index contributed by atoms with van der Waals surface area (Å²) in [4.78, 5) is 4.20.